The SMILES string of the molecule is C#CCC(O)(c1ccncc1F)c1cc2ccccc2n1S(=O)(=O)c1ccccc1. The average Bonchev–Trinajstić information content (AvgIpc) is 3.16. The number of aromatic nitrogens is 2. The molecule has 4 aromatic rings. The quantitative estimate of drug-likeness (QED) is 0.500. The number of para-hydroxylation sites is 1. The van der Waals surface area contributed by atoms with E-state index in [1.54, 1.807) is 42.5 Å². The van der Waals surface area contributed by atoms with Crippen LogP contribution in [0.25, 0.3) is 10.9 Å². The second-order valence-corrected chi connectivity index (χ2v) is 8.55. The summed E-state index contributed by atoms with van der Waals surface area (Å²) < 4.78 is 42.9. The maximum absolute atomic E-state index is 14.7. The minimum atomic E-state index is -4.13. The first kappa shape index (κ1) is 19.8. The Morgan fingerprint density at radius 1 is 1.10 bits per heavy atom. The van der Waals surface area contributed by atoms with Gasteiger partial charge in [0.25, 0.3) is 10.0 Å². The van der Waals surface area contributed by atoms with E-state index in [4.69, 9.17) is 6.42 Å². The van der Waals surface area contributed by atoms with Gasteiger partial charge in [0.15, 0.2) is 0 Å². The molecule has 2 aromatic carbocycles. The van der Waals surface area contributed by atoms with E-state index in [-0.39, 0.29) is 22.6 Å². The Morgan fingerprint density at radius 2 is 1.80 bits per heavy atom. The standard InChI is InChI=1S/C23H17FN2O3S/c1-2-13-23(27,19-12-14-25-16-20(19)24)22-15-17-8-6-7-11-21(17)26(22)30(28,29)18-9-4-3-5-10-18/h1,3-12,14-16,27H,13H2. The largest absolute Gasteiger partial charge is 0.378 e. The van der Waals surface area contributed by atoms with Crippen molar-refractivity contribution in [2.45, 2.75) is 16.9 Å². The molecule has 1 N–H and O–H groups in total. The van der Waals surface area contributed by atoms with E-state index in [0.29, 0.717) is 10.9 Å². The fourth-order valence-electron chi connectivity index (χ4n) is 3.56. The van der Waals surface area contributed by atoms with Crippen LogP contribution < -0.4 is 0 Å². The molecule has 0 aliphatic carbocycles. The van der Waals surface area contributed by atoms with Crippen molar-refractivity contribution in [3.8, 4) is 12.3 Å². The molecule has 0 spiro atoms. The highest BCUT2D eigenvalue weighted by atomic mass is 32.2. The number of pyridine rings is 1. The van der Waals surface area contributed by atoms with E-state index in [2.05, 4.69) is 10.9 Å². The van der Waals surface area contributed by atoms with Crippen LogP contribution in [-0.4, -0.2) is 22.5 Å². The van der Waals surface area contributed by atoms with Gasteiger partial charge >= 0.3 is 0 Å². The first-order valence-corrected chi connectivity index (χ1v) is 10.5. The molecular weight excluding hydrogens is 403 g/mol. The third-order valence-corrected chi connectivity index (χ3v) is 6.69. The van der Waals surface area contributed by atoms with Crippen LogP contribution in [0.15, 0.2) is 84.0 Å². The molecule has 1 atom stereocenters. The Kier molecular flexibility index (Phi) is 4.90. The number of fused-ring (bicyclic) bond motifs is 1. The van der Waals surface area contributed by atoms with Crippen molar-refractivity contribution in [2.24, 2.45) is 0 Å². The minimum Gasteiger partial charge on any atom is -0.378 e. The highest BCUT2D eigenvalue weighted by Gasteiger charge is 2.40. The molecule has 0 aliphatic rings. The van der Waals surface area contributed by atoms with Crippen LogP contribution in [0.3, 0.4) is 0 Å². The van der Waals surface area contributed by atoms with Gasteiger partial charge in [-0.25, -0.2) is 16.8 Å². The second kappa shape index (κ2) is 7.41. The van der Waals surface area contributed by atoms with Crippen molar-refractivity contribution in [1.29, 1.82) is 0 Å². The van der Waals surface area contributed by atoms with Crippen molar-refractivity contribution in [1.82, 2.24) is 8.96 Å². The van der Waals surface area contributed by atoms with Crippen molar-refractivity contribution >= 4 is 20.9 Å². The summed E-state index contributed by atoms with van der Waals surface area (Å²) in [6, 6.07) is 17.4. The fourth-order valence-corrected chi connectivity index (χ4v) is 5.16. The molecule has 0 radical (unpaired) electrons. The molecule has 30 heavy (non-hydrogen) atoms. The van der Waals surface area contributed by atoms with Gasteiger partial charge in [0.1, 0.15) is 11.4 Å². The first-order valence-electron chi connectivity index (χ1n) is 9.07. The van der Waals surface area contributed by atoms with Gasteiger partial charge in [0.05, 0.1) is 22.3 Å². The molecule has 7 heteroatoms. The van der Waals surface area contributed by atoms with Crippen molar-refractivity contribution < 1.29 is 17.9 Å². The lowest BCUT2D eigenvalue weighted by atomic mass is 9.87. The summed E-state index contributed by atoms with van der Waals surface area (Å²) in [5.74, 6) is 1.56. The Balaban J connectivity index is 2.11. The predicted octanol–water partition coefficient (Wildman–Crippen LogP) is 3.67. The van der Waals surface area contributed by atoms with E-state index in [0.717, 1.165) is 10.2 Å². The van der Waals surface area contributed by atoms with Crippen molar-refractivity contribution in [3.63, 3.8) is 0 Å². The maximum Gasteiger partial charge on any atom is 0.268 e. The van der Waals surface area contributed by atoms with Crippen molar-refractivity contribution in [3.05, 3.63) is 96.2 Å². The Morgan fingerprint density at radius 3 is 2.50 bits per heavy atom. The summed E-state index contributed by atoms with van der Waals surface area (Å²) in [6.07, 6.45) is 7.43. The summed E-state index contributed by atoms with van der Waals surface area (Å²) in [5.41, 5.74) is -1.94. The van der Waals surface area contributed by atoms with Gasteiger partial charge in [0.2, 0.25) is 0 Å². The molecule has 0 aliphatic heterocycles. The number of terminal acetylenes is 1. The lowest BCUT2D eigenvalue weighted by Crippen LogP contribution is -2.33. The molecule has 150 valence electrons. The van der Waals surface area contributed by atoms with E-state index < -0.39 is 21.4 Å². The van der Waals surface area contributed by atoms with Gasteiger partial charge in [-0.2, -0.15) is 0 Å². The molecular formula is C23H17FN2O3S. The van der Waals surface area contributed by atoms with E-state index in [1.807, 2.05) is 0 Å². The van der Waals surface area contributed by atoms with E-state index >= 15 is 0 Å². The molecule has 0 bridgehead atoms. The zero-order valence-corrected chi connectivity index (χ0v) is 16.6. The van der Waals surface area contributed by atoms with E-state index in [9.17, 15) is 17.9 Å². The summed E-state index contributed by atoms with van der Waals surface area (Å²) in [5, 5.41) is 12.2. The number of rotatable bonds is 5. The third-order valence-electron chi connectivity index (χ3n) is 4.95. The molecule has 0 amide bonds. The number of hydrogen-bond donors (Lipinski definition) is 1. The Labute approximate surface area is 173 Å². The first-order chi connectivity index (χ1) is 14.4. The van der Waals surface area contributed by atoms with Crippen LogP contribution in [0.5, 0.6) is 0 Å². The smallest absolute Gasteiger partial charge is 0.268 e. The van der Waals surface area contributed by atoms with Gasteiger partial charge in [-0.1, -0.05) is 36.4 Å². The zero-order chi connectivity index (χ0) is 21.4. The molecule has 2 heterocycles. The average molecular weight is 420 g/mol. The van der Waals surface area contributed by atoms with Gasteiger partial charge < -0.3 is 5.11 Å². The molecule has 0 saturated heterocycles. The summed E-state index contributed by atoms with van der Waals surface area (Å²) in [6.45, 7) is 0. The predicted molar refractivity (Wildman–Crippen MR) is 112 cm³/mol. The normalized spacial score (nSPS) is 13.6. The lowest BCUT2D eigenvalue weighted by molar-refractivity contribution is 0.0771. The second-order valence-electron chi connectivity index (χ2n) is 6.77. The number of benzene rings is 2. The van der Waals surface area contributed by atoms with Gasteiger partial charge in [-0.3, -0.25) is 4.98 Å². The van der Waals surface area contributed by atoms with Gasteiger partial charge in [0, 0.05) is 23.6 Å². The number of nitrogens with zero attached hydrogens (tertiary/aromatic N) is 2. The summed E-state index contributed by atoms with van der Waals surface area (Å²) >= 11 is 0. The third kappa shape index (κ3) is 3.07. The van der Waals surface area contributed by atoms with Crippen LogP contribution in [0.1, 0.15) is 17.7 Å². The molecule has 4 rings (SSSR count). The number of halogens is 1. The fraction of sp³-hybridized carbons (Fsp3) is 0.0870. The number of hydrogen-bond acceptors (Lipinski definition) is 4. The van der Waals surface area contributed by atoms with Gasteiger partial charge in [-0.05, 0) is 30.3 Å². The van der Waals surface area contributed by atoms with Crippen LogP contribution in [0.2, 0.25) is 0 Å². The zero-order valence-electron chi connectivity index (χ0n) is 15.7. The summed E-state index contributed by atoms with van der Waals surface area (Å²) in [4.78, 5) is 3.74. The molecule has 1 unspecified atom stereocenters. The monoisotopic (exact) mass is 420 g/mol. The summed E-state index contributed by atoms with van der Waals surface area (Å²) in [7, 11) is -4.13. The molecule has 0 saturated carbocycles. The van der Waals surface area contributed by atoms with Crippen LogP contribution >= 0.6 is 0 Å². The van der Waals surface area contributed by atoms with Crippen LogP contribution in [0, 0.1) is 18.2 Å². The topological polar surface area (TPSA) is 72.2 Å². The van der Waals surface area contributed by atoms with Crippen LogP contribution in [-0.2, 0) is 15.6 Å². The highest BCUT2D eigenvalue weighted by molar-refractivity contribution is 7.90. The molecule has 0 fully saturated rings. The maximum atomic E-state index is 14.7. The minimum absolute atomic E-state index is 0.0332. The van der Waals surface area contributed by atoms with Crippen molar-refractivity contribution in [2.75, 3.05) is 0 Å². The molecule has 2 aromatic heterocycles. The highest BCUT2D eigenvalue weighted by Crippen LogP contribution is 2.39. The lowest BCUT2D eigenvalue weighted by Gasteiger charge is -2.28. The number of aliphatic hydroxyl groups is 1. The van der Waals surface area contributed by atoms with Crippen LogP contribution in [0.4, 0.5) is 4.39 Å². The molecule has 5 nitrogen and oxygen atoms in total. The Bertz CT molecular complexity index is 1370. The Hall–Kier alpha value is -3.47. The van der Waals surface area contributed by atoms with Gasteiger partial charge in [-0.15, -0.1) is 12.3 Å². The van der Waals surface area contributed by atoms with E-state index in [1.165, 1.54) is 30.5 Å².